The molecule has 0 atom stereocenters. The molecule has 1 aliphatic carbocycles. The van der Waals surface area contributed by atoms with Crippen LogP contribution < -0.4 is 16.6 Å². The molecule has 0 amide bonds. The van der Waals surface area contributed by atoms with Crippen LogP contribution in [-0.4, -0.2) is 16.5 Å². The Hall–Kier alpha value is -1.36. The SMILES string of the molecule is Cc1nc(NN)c(C)c(NCCCC2CCCC2)n1. The normalized spacial score (nSPS) is 15.7. The maximum Gasteiger partial charge on any atom is 0.148 e. The van der Waals surface area contributed by atoms with Crippen molar-refractivity contribution in [2.24, 2.45) is 11.8 Å². The summed E-state index contributed by atoms with van der Waals surface area (Å²) in [5.41, 5.74) is 3.60. The number of nitrogen functional groups attached to an aromatic ring is 1. The van der Waals surface area contributed by atoms with Crippen molar-refractivity contribution in [2.45, 2.75) is 52.4 Å². The Bertz CT molecular complexity index is 413. The zero-order valence-electron chi connectivity index (χ0n) is 12.0. The second-order valence-corrected chi connectivity index (χ2v) is 5.46. The van der Waals surface area contributed by atoms with E-state index in [4.69, 9.17) is 5.84 Å². The molecule has 5 heteroatoms. The fourth-order valence-electron chi connectivity index (χ4n) is 2.84. The van der Waals surface area contributed by atoms with Crippen LogP contribution in [-0.2, 0) is 0 Å². The van der Waals surface area contributed by atoms with E-state index in [1.807, 2.05) is 13.8 Å². The molecule has 2 rings (SSSR count). The van der Waals surface area contributed by atoms with Gasteiger partial charge in [-0.3, -0.25) is 0 Å². The topological polar surface area (TPSA) is 75.9 Å². The molecule has 1 heterocycles. The van der Waals surface area contributed by atoms with Gasteiger partial charge in [0.15, 0.2) is 0 Å². The molecule has 0 unspecified atom stereocenters. The first-order valence-corrected chi connectivity index (χ1v) is 7.26. The predicted octanol–water partition coefficient (Wildman–Crippen LogP) is 2.76. The molecule has 1 fully saturated rings. The van der Waals surface area contributed by atoms with E-state index >= 15 is 0 Å². The molecule has 19 heavy (non-hydrogen) atoms. The first-order chi connectivity index (χ1) is 9.20. The molecule has 0 radical (unpaired) electrons. The number of hydrazine groups is 1. The number of nitrogens with zero attached hydrogens (tertiary/aromatic N) is 2. The highest BCUT2D eigenvalue weighted by molar-refractivity contribution is 5.56. The van der Waals surface area contributed by atoms with E-state index in [0.29, 0.717) is 5.82 Å². The van der Waals surface area contributed by atoms with Gasteiger partial charge < -0.3 is 10.7 Å². The Labute approximate surface area is 115 Å². The molecule has 0 bridgehead atoms. The molecule has 0 saturated heterocycles. The van der Waals surface area contributed by atoms with Gasteiger partial charge in [0.25, 0.3) is 0 Å². The molecule has 0 aliphatic heterocycles. The van der Waals surface area contributed by atoms with Crippen LogP contribution in [0.25, 0.3) is 0 Å². The van der Waals surface area contributed by atoms with Crippen molar-refractivity contribution in [1.29, 1.82) is 0 Å². The molecular formula is C14H25N5. The summed E-state index contributed by atoms with van der Waals surface area (Å²) in [4.78, 5) is 8.69. The molecule has 0 spiro atoms. The molecule has 5 nitrogen and oxygen atoms in total. The highest BCUT2D eigenvalue weighted by Gasteiger charge is 2.14. The van der Waals surface area contributed by atoms with Gasteiger partial charge in [0.1, 0.15) is 17.5 Å². The van der Waals surface area contributed by atoms with E-state index < -0.39 is 0 Å². The lowest BCUT2D eigenvalue weighted by Crippen LogP contribution is -2.14. The average Bonchev–Trinajstić information content (AvgIpc) is 2.91. The number of hydrogen-bond donors (Lipinski definition) is 3. The van der Waals surface area contributed by atoms with Crippen LogP contribution in [0.3, 0.4) is 0 Å². The number of aryl methyl sites for hydroxylation is 1. The first kappa shape index (κ1) is 14.1. The van der Waals surface area contributed by atoms with Gasteiger partial charge in [0.2, 0.25) is 0 Å². The molecule has 106 valence electrons. The molecule has 4 N–H and O–H groups in total. The first-order valence-electron chi connectivity index (χ1n) is 7.26. The summed E-state index contributed by atoms with van der Waals surface area (Å²) >= 11 is 0. The standard InChI is InChI=1S/C14H25N5/c1-10-13(17-11(2)18-14(10)19-15)16-9-5-8-12-6-3-4-7-12/h12H,3-9,15H2,1-2H3,(H2,16,17,18,19). The van der Waals surface area contributed by atoms with E-state index in [2.05, 4.69) is 20.7 Å². The maximum atomic E-state index is 5.46. The number of aromatic nitrogens is 2. The monoisotopic (exact) mass is 263 g/mol. The highest BCUT2D eigenvalue weighted by atomic mass is 15.3. The van der Waals surface area contributed by atoms with Crippen LogP contribution in [0.4, 0.5) is 11.6 Å². The van der Waals surface area contributed by atoms with Gasteiger partial charge >= 0.3 is 0 Å². The van der Waals surface area contributed by atoms with Crippen LogP contribution in [0.1, 0.15) is 49.9 Å². The number of hydrogen-bond acceptors (Lipinski definition) is 5. The fourth-order valence-corrected chi connectivity index (χ4v) is 2.84. The predicted molar refractivity (Wildman–Crippen MR) is 79.0 cm³/mol. The van der Waals surface area contributed by atoms with Crippen molar-refractivity contribution in [1.82, 2.24) is 9.97 Å². The summed E-state index contributed by atoms with van der Waals surface area (Å²) < 4.78 is 0. The molecule has 0 aromatic carbocycles. The molecule has 1 aromatic heterocycles. The minimum atomic E-state index is 0.700. The van der Waals surface area contributed by atoms with E-state index in [-0.39, 0.29) is 0 Å². The van der Waals surface area contributed by atoms with Gasteiger partial charge in [0, 0.05) is 12.1 Å². The third-order valence-corrected chi connectivity index (χ3v) is 3.95. The lowest BCUT2D eigenvalue weighted by molar-refractivity contribution is 0.491. The maximum absolute atomic E-state index is 5.46. The Morgan fingerprint density at radius 2 is 1.84 bits per heavy atom. The van der Waals surface area contributed by atoms with Gasteiger partial charge in [-0.25, -0.2) is 15.8 Å². The highest BCUT2D eigenvalue weighted by Crippen LogP contribution is 2.28. The van der Waals surface area contributed by atoms with E-state index in [1.54, 1.807) is 0 Å². The summed E-state index contributed by atoms with van der Waals surface area (Å²) in [5, 5.41) is 3.41. The Morgan fingerprint density at radius 1 is 1.16 bits per heavy atom. The van der Waals surface area contributed by atoms with Crippen molar-refractivity contribution >= 4 is 11.6 Å². The van der Waals surface area contributed by atoms with Crippen molar-refractivity contribution in [3.05, 3.63) is 11.4 Å². The van der Waals surface area contributed by atoms with Crippen LogP contribution in [0, 0.1) is 19.8 Å². The van der Waals surface area contributed by atoms with Gasteiger partial charge in [0.05, 0.1) is 0 Å². The minimum absolute atomic E-state index is 0.700. The third-order valence-electron chi connectivity index (χ3n) is 3.95. The zero-order valence-corrected chi connectivity index (χ0v) is 12.0. The quantitative estimate of drug-likeness (QED) is 0.418. The fraction of sp³-hybridized carbons (Fsp3) is 0.714. The molecular weight excluding hydrogens is 238 g/mol. The third kappa shape index (κ3) is 3.80. The second kappa shape index (κ2) is 6.70. The van der Waals surface area contributed by atoms with Crippen LogP contribution >= 0.6 is 0 Å². The van der Waals surface area contributed by atoms with E-state index in [0.717, 1.165) is 29.7 Å². The van der Waals surface area contributed by atoms with Gasteiger partial charge in [-0.1, -0.05) is 25.7 Å². The lowest BCUT2D eigenvalue weighted by atomic mass is 10.0. The molecule has 1 aliphatic rings. The van der Waals surface area contributed by atoms with Crippen LogP contribution in [0.2, 0.25) is 0 Å². The van der Waals surface area contributed by atoms with Gasteiger partial charge in [-0.2, -0.15) is 0 Å². The smallest absolute Gasteiger partial charge is 0.148 e. The van der Waals surface area contributed by atoms with Gasteiger partial charge in [-0.05, 0) is 32.6 Å². The minimum Gasteiger partial charge on any atom is -0.370 e. The lowest BCUT2D eigenvalue weighted by Gasteiger charge is -2.13. The summed E-state index contributed by atoms with van der Waals surface area (Å²) in [6, 6.07) is 0. The second-order valence-electron chi connectivity index (χ2n) is 5.46. The molecule has 1 saturated carbocycles. The van der Waals surface area contributed by atoms with Crippen LogP contribution in [0.15, 0.2) is 0 Å². The summed E-state index contributed by atoms with van der Waals surface area (Å²) in [7, 11) is 0. The number of rotatable bonds is 6. The summed E-state index contributed by atoms with van der Waals surface area (Å²) in [5.74, 6) is 8.74. The summed E-state index contributed by atoms with van der Waals surface area (Å²) in [6.07, 6.45) is 8.23. The zero-order chi connectivity index (χ0) is 13.7. The van der Waals surface area contributed by atoms with Crippen molar-refractivity contribution in [2.75, 3.05) is 17.3 Å². The molecule has 1 aromatic rings. The average molecular weight is 263 g/mol. The number of nitrogens with two attached hydrogens (primary N) is 1. The van der Waals surface area contributed by atoms with E-state index in [1.165, 1.54) is 38.5 Å². The Balaban J connectivity index is 1.83. The van der Waals surface area contributed by atoms with E-state index in [9.17, 15) is 0 Å². The van der Waals surface area contributed by atoms with Gasteiger partial charge in [-0.15, -0.1) is 0 Å². The van der Waals surface area contributed by atoms with Crippen molar-refractivity contribution in [3.63, 3.8) is 0 Å². The largest absolute Gasteiger partial charge is 0.370 e. The number of nitrogens with one attached hydrogen (secondary N) is 2. The Kier molecular flexibility index (Phi) is 4.96. The summed E-state index contributed by atoms with van der Waals surface area (Å²) in [6.45, 7) is 4.83. The van der Waals surface area contributed by atoms with Crippen molar-refractivity contribution < 1.29 is 0 Å². The van der Waals surface area contributed by atoms with Crippen molar-refractivity contribution in [3.8, 4) is 0 Å². The Morgan fingerprint density at radius 3 is 2.53 bits per heavy atom. The number of anilines is 2. The van der Waals surface area contributed by atoms with Crippen LogP contribution in [0.5, 0.6) is 0 Å².